The molecule has 2 fully saturated rings. The maximum absolute atomic E-state index is 13.5. The third-order valence-corrected chi connectivity index (χ3v) is 11.0. The van der Waals surface area contributed by atoms with E-state index in [1.807, 2.05) is 26.8 Å². The zero-order valence-corrected chi connectivity index (χ0v) is 31.9. The highest BCUT2D eigenvalue weighted by Gasteiger charge is 2.39. The second kappa shape index (κ2) is 17.6. The summed E-state index contributed by atoms with van der Waals surface area (Å²) in [6.45, 7) is 15.4. The number of methoxy groups -OCH3 is 1. The number of ether oxygens (including phenoxy) is 4. The molecule has 4 atom stereocenters. The Balaban J connectivity index is 1.19. The van der Waals surface area contributed by atoms with E-state index in [2.05, 4.69) is 29.8 Å². The number of aliphatic hydroxyl groups is 1. The lowest BCUT2D eigenvalue weighted by Crippen LogP contribution is -2.52. The first-order valence-corrected chi connectivity index (χ1v) is 19.3. The molecule has 3 heterocycles. The van der Waals surface area contributed by atoms with Crippen molar-refractivity contribution < 1.29 is 38.4 Å². The summed E-state index contributed by atoms with van der Waals surface area (Å²) >= 11 is 4.20. The van der Waals surface area contributed by atoms with Crippen LogP contribution in [-0.4, -0.2) is 103 Å². The average molecular weight is 753 g/mol. The van der Waals surface area contributed by atoms with Crippen LogP contribution in [0.1, 0.15) is 60.5 Å². The van der Waals surface area contributed by atoms with Crippen LogP contribution in [0.4, 0.5) is 16.2 Å². The van der Waals surface area contributed by atoms with Gasteiger partial charge in [-0.3, -0.25) is 14.6 Å². The first-order valence-electron chi connectivity index (χ1n) is 17.4. The summed E-state index contributed by atoms with van der Waals surface area (Å²) in [4.78, 5) is 47.6. The van der Waals surface area contributed by atoms with Crippen molar-refractivity contribution in [2.24, 2.45) is 4.99 Å². The molecule has 2 aromatic rings. The summed E-state index contributed by atoms with van der Waals surface area (Å²) < 4.78 is 23.4. The molecule has 3 amide bonds. The highest BCUT2D eigenvalue weighted by Crippen LogP contribution is 2.39. The van der Waals surface area contributed by atoms with Crippen LogP contribution in [0, 0.1) is 13.8 Å². The summed E-state index contributed by atoms with van der Waals surface area (Å²) in [5, 5.41) is 11.5. The normalized spacial score (nSPS) is 19.2. The van der Waals surface area contributed by atoms with Gasteiger partial charge in [-0.25, -0.2) is 9.69 Å². The fourth-order valence-corrected chi connectivity index (χ4v) is 6.95. The van der Waals surface area contributed by atoms with Crippen LogP contribution in [0.3, 0.4) is 0 Å². The van der Waals surface area contributed by atoms with Crippen molar-refractivity contribution in [3.63, 3.8) is 0 Å². The molecule has 0 spiro atoms. The number of thiol groups is 1. The standard InChI is InChI=1S/C38H48N4O8S2/c1-23-12-28-18-39-30-16-35(34(47-6)15-29(30)36(44)41(28)20-23)49-11-9-7-8-10-48-33-17-31(25(3)14-26(33)4)42(38(46)50-21-27(5)52-51)37(45)32-13-24(2)19-40(32)22-43/h14-18,22,27-28,32,37,45,51H,1-2,7-13,19-21H2,3-6H3. The van der Waals surface area contributed by atoms with E-state index < -0.39 is 18.4 Å². The lowest BCUT2D eigenvalue weighted by Gasteiger charge is -2.35. The van der Waals surface area contributed by atoms with Gasteiger partial charge in [-0.05, 0) is 70.1 Å². The van der Waals surface area contributed by atoms with Gasteiger partial charge in [-0.2, -0.15) is 0 Å². The predicted octanol–water partition coefficient (Wildman–Crippen LogP) is 6.44. The van der Waals surface area contributed by atoms with Gasteiger partial charge in [0.05, 0.1) is 49.3 Å². The Bertz CT molecular complexity index is 1720. The monoisotopic (exact) mass is 752 g/mol. The third kappa shape index (κ3) is 8.89. The fraction of sp³-hybridized carbons (Fsp3) is 0.474. The minimum atomic E-state index is -1.38. The van der Waals surface area contributed by atoms with Gasteiger partial charge in [0.25, 0.3) is 5.91 Å². The molecule has 0 aliphatic carbocycles. The number of rotatable bonds is 16. The fourth-order valence-electron chi connectivity index (χ4n) is 6.64. The number of hydrogen-bond donors (Lipinski definition) is 2. The lowest BCUT2D eigenvalue weighted by molar-refractivity contribution is -0.120. The SMILES string of the molecule is C=C1CC(C(O)N(C(=O)OCC(C)SS)c2cc(OCCCCCOc3cc4c(cc3OC)C(=O)N3CC(=C)CC3C=N4)c(C)cc2C)N(C=O)C1. The van der Waals surface area contributed by atoms with Crippen LogP contribution >= 0.6 is 22.5 Å². The Kier molecular flexibility index (Phi) is 13.2. The molecule has 12 nitrogen and oxygen atoms in total. The molecule has 5 rings (SSSR count). The Morgan fingerprint density at radius 2 is 1.77 bits per heavy atom. The molecule has 3 aliphatic heterocycles. The van der Waals surface area contributed by atoms with Gasteiger partial charge >= 0.3 is 6.09 Å². The van der Waals surface area contributed by atoms with Crippen LogP contribution in [0.2, 0.25) is 0 Å². The molecule has 3 aliphatic rings. The van der Waals surface area contributed by atoms with Crippen LogP contribution in [-0.2, 0) is 9.53 Å². The summed E-state index contributed by atoms with van der Waals surface area (Å²) in [5.41, 5.74) is 4.87. The molecule has 280 valence electrons. The molecule has 0 bridgehead atoms. The van der Waals surface area contributed by atoms with Crippen molar-refractivity contribution in [1.29, 1.82) is 0 Å². The zero-order valence-electron chi connectivity index (χ0n) is 30.2. The van der Waals surface area contributed by atoms with E-state index in [0.717, 1.165) is 41.5 Å². The highest BCUT2D eigenvalue weighted by molar-refractivity contribution is 8.68. The molecule has 2 aromatic carbocycles. The van der Waals surface area contributed by atoms with Gasteiger partial charge < -0.3 is 33.9 Å². The van der Waals surface area contributed by atoms with Crippen molar-refractivity contribution in [1.82, 2.24) is 9.80 Å². The van der Waals surface area contributed by atoms with E-state index in [0.29, 0.717) is 79.7 Å². The Morgan fingerprint density at radius 3 is 2.46 bits per heavy atom. The summed E-state index contributed by atoms with van der Waals surface area (Å²) in [6, 6.07) is 6.32. The topological polar surface area (TPSA) is 130 Å². The number of benzene rings is 2. The number of amides is 3. The number of fused-ring (bicyclic) bond motifs is 2. The number of aryl methyl sites for hydroxylation is 2. The van der Waals surface area contributed by atoms with E-state index in [1.54, 1.807) is 36.4 Å². The first kappa shape index (κ1) is 39.1. The first-order chi connectivity index (χ1) is 24.9. The van der Waals surface area contributed by atoms with E-state index in [1.165, 1.54) is 20.6 Å². The van der Waals surface area contributed by atoms with Crippen molar-refractivity contribution in [3.05, 3.63) is 65.3 Å². The van der Waals surface area contributed by atoms with E-state index in [4.69, 9.17) is 18.9 Å². The number of likely N-dealkylation sites (tertiary alicyclic amines) is 1. The molecule has 52 heavy (non-hydrogen) atoms. The van der Waals surface area contributed by atoms with Crippen LogP contribution < -0.4 is 19.1 Å². The van der Waals surface area contributed by atoms with Gasteiger partial charge in [-0.15, -0.1) is 11.7 Å². The van der Waals surface area contributed by atoms with Gasteiger partial charge in [0.2, 0.25) is 6.41 Å². The van der Waals surface area contributed by atoms with Gasteiger partial charge in [0.1, 0.15) is 12.4 Å². The number of carbonyl (C=O) groups excluding carboxylic acids is 3. The highest BCUT2D eigenvalue weighted by atomic mass is 33.1. The molecular weight excluding hydrogens is 705 g/mol. The van der Waals surface area contributed by atoms with E-state index in [-0.39, 0.29) is 23.8 Å². The van der Waals surface area contributed by atoms with Crippen LogP contribution in [0.5, 0.6) is 17.2 Å². The smallest absolute Gasteiger partial charge is 0.416 e. The lowest BCUT2D eigenvalue weighted by atomic mass is 10.1. The number of aliphatic imine (C=N–C) groups is 1. The molecule has 4 unspecified atom stereocenters. The van der Waals surface area contributed by atoms with Crippen molar-refractivity contribution in [3.8, 4) is 17.2 Å². The maximum Gasteiger partial charge on any atom is 0.416 e. The number of anilines is 1. The minimum absolute atomic E-state index is 0.0727. The van der Waals surface area contributed by atoms with Crippen molar-refractivity contribution >= 4 is 58.5 Å². The molecule has 2 saturated heterocycles. The van der Waals surface area contributed by atoms with Gasteiger partial charge in [-0.1, -0.05) is 41.2 Å². The molecule has 0 saturated carbocycles. The number of hydrogen-bond acceptors (Lipinski definition) is 11. The van der Waals surface area contributed by atoms with E-state index >= 15 is 0 Å². The van der Waals surface area contributed by atoms with Crippen LogP contribution in [0.15, 0.2) is 53.6 Å². The Hall–Kier alpha value is -4.14. The Labute approximate surface area is 314 Å². The molecule has 0 aromatic heterocycles. The third-order valence-electron chi connectivity index (χ3n) is 9.40. The van der Waals surface area contributed by atoms with Crippen molar-refractivity contribution in [2.75, 3.05) is 44.9 Å². The average Bonchev–Trinajstić information content (AvgIpc) is 3.68. The molecule has 1 N–H and O–H groups in total. The maximum atomic E-state index is 13.5. The number of nitrogens with zero attached hydrogens (tertiary/aromatic N) is 4. The number of unbranched alkanes of at least 4 members (excludes halogenated alkanes) is 2. The predicted molar refractivity (Wildman–Crippen MR) is 207 cm³/mol. The van der Waals surface area contributed by atoms with Crippen molar-refractivity contribution in [2.45, 2.75) is 76.4 Å². The van der Waals surface area contributed by atoms with Crippen LogP contribution in [0.25, 0.3) is 0 Å². The number of carbonyl (C=O) groups is 3. The molecule has 0 radical (unpaired) electrons. The second-order valence-corrected chi connectivity index (χ2v) is 15.1. The zero-order chi connectivity index (χ0) is 37.5. The second-order valence-electron chi connectivity index (χ2n) is 13.5. The van der Waals surface area contributed by atoms with Gasteiger partial charge in [0.15, 0.2) is 17.7 Å². The quantitative estimate of drug-likeness (QED) is 0.0497. The number of aliphatic hydroxyl groups excluding tert-OH is 1. The molecular formula is C38H48N4O8S2. The summed E-state index contributed by atoms with van der Waals surface area (Å²) in [5.74, 6) is 1.48. The van der Waals surface area contributed by atoms with Gasteiger partial charge in [0, 0.05) is 36.7 Å². The largest absolute Gasteiger partial charge is 0.493 e. The van der Waals surface area contributed by atoms with E-state index in [9.17, 15) is 19.5 Å². The molecule has 14 heteroatoms. The summed E-state index contributed by atoms with van der Waals surface area (Å²) in [7, 11) is 2.81. The minimum Gasteiger partial charge on any atom is -0.493 e. The Morgan fingerprint density at radius 1 is 1.06 bits per heavy atom. The summed E-state index contributed by atoms with van der Waals surface area (Å²) in [6.07, 6.45) is 3.72.